The summed E-state index contributed by atoms with van der Waals surface area (Å²) in [4.78, 5) is 15.1. The third-order valence-electron chi connectivity index (χ3n) is 4.77. The zero-order valence-corrected chi connectivity index (χ0v) is 18.0. The highest BCUT2D eigenvalue weighted by Gasteiger charge is 2.28. The second-order valence-corrected chi connectivity index (χ2v) is 7.68. The summed E-state index contributed by atoms with van der Waals surface area (Å²) in [5.74, 6) is 0.0555. The molecular formula is C23H25FN4OS. The van der Waals surface area contributed by atoms with Gasteiger partial charge in [-0.1, -0.05) is 60.3 Å². The molecule has 0 aliphatic carbocycles. The molecule has 3 aromatic rings. The lowest BCUT2D eigenvalue weighted by Crippen LogP contribution is -2.34. The fourth-order valence-corrected chi connectivity index (χ4v) is 4.34. The summed E-state index contributed by atoms with van der Waals surface area (Å²) in [6, 6.07) is 16.1. The molecule has 156 valence electrons. The quantitative estimate of drug-likeness (QED) is 0.359. The van der Waals surface area contributed by atoms with Crippen LogP contribution in [0.15, 0.2) is 72.4 Å². The molecule has 0 saturated heterocycles. The van der Waals surface area contributed by atoms with Crippen LogP contribution >= 0.6 is 11.8 Å². The molecule has 0 spiro atoms. The van der Waals surface area contributed by atoms with Crippen molar-refractivity contribution < 1.29 is 9.18 Å². The number of hydrogen-bond donors (Lipinski definition) is 0. The number of rotatable bonds is 9. The summed E-state index contributed by atoms with van der Waals surface area (Å²) < 4.78 is 16.2. The van der Waals surface area contributed by atoms with Gasteiger partial charge in [-0.25, -0.2) is 4.39 Å². The molecule has 0 fully saturated rings. The van der Waals surface area contributed by atoms with Gasteiger partial charge in [0.1, 0.15) is 11.1 Å². The second kappa shape index (κ2) is 10.2. The first-order valence-electron chi connectivity index (χ1n) is 9.90. The van der Waals surface area contributed by atoms with Crippen molar-refractivity contribution in [1.82, 2.24) is 19.7 Å². The summed E-state index contributed by atoms with van der Waals surface area (Å²) in [6.07, 6.45) is 1.71. The number of amides is 1. The Balaban J connectivity index is 2.03. The number of likely N-dealkylation sites (N-methyl/N-ethyl adjacent to an activating group) is 1. The molecule has 1 atom stereocenters. The maximum Gasteiger partial charge on any atom is 0.240 e. The lowest BCUT2D eigenvalue weighted by atomic mass is 10.1. The van der Waals surface area contributed by atoms with Gasteiger partial charge in [-0.05, 0) is 31.5 Å². The lowest BCUT2D eigenvalue weighted by Gasteiger charge is -2.25. The number of nitrogens with zero attached hydrogens (tertiary/aromatic N) is 4. The normalized spacial score (nSPS) is 11.8. The highest BCUT2D eigenvalue weighted by atomic mass is 32.2. The van der Waals surface area contributed by atoms with E-state index in [2.05, 4.69) is 16.8 Å². The van der Waals surface area contributed by atoms with Crippen molar-refractivity contribution >= 4 is 17.7 Å². The van der Waals surface area contributed by atoms with E-state index < -0.39 is 5.25 Å². The van der Waals surface area contributed by atoms with Gasteiger partial charge in [-0.3, -0.25) is 9.36 Å². The second-order valence-electron chi connectivity index (χ2n) is 6.60. The predicted octanol–water partition coefficient (Wildman–Crippen LogP) is 4.97. The van der Waals surface area contributed by atoms with Gasteiger partial charge < -0.3 is 4.90 Å². The topological polar surface area (TPSA) is 51.0 Å². The van der Waals surface area contributed by atoms with Crippen LogP contribution in [0.3, 0.4) is 0 Å². The van der Waals surface area contributed by atoms with E-state index in [0.717, 1.165) is 5.56 Å². The fraction of sp³-hybridized carbons (Fsp3) is 0.261. The van der Waals surface area contributed by atoms with Gasteiger partial charge in [0.05, 0.1) is 5.56 Å². The highest BCUT2D eigenvalue weighted by molar-refractivity contribution is 8.00. The predicted molar refractivity (Wildman–Crippen MR) is 119 cm³/mol. The monoisotopic (exact) mass is 424 g/mol. The number of halogens is 1. The van der Waals surface area contributed by atoms with Gasteiger partial charge in [-0.15, -0.1) is 16.8 Å². The average molecular weight is 425 g/mol. The average Bonchev–Trinajstić information content (AvgIpc) is 3.16. The van der Waals surface area contributed by atoms with Crippen LogP contribution in [-0.4, -0.2) is 38.7 Å². The SMILES string of the molecule is C=CCn1c(SC(C(=O)N(CC)CC)c2ccccc2)nnc1-c1ccccc1F. The lowest BCUT2D eigenvalue weighted by molar-refractivity contribution is -0.130. The molecule has 7 heteroatoms. The first-order valence-corrected chi connectivity index (χ1v) is 10.8. The van der Waals surface area contributed by atoms with Crippen molar-refractivity contribution in [1.29, 1.82) is 0 Å². The fourth-order valence-electron chi connectivity index (χ4n) is 3.21. The van der Waals surface area contributed by atoms with Gasteiger partial charge in [0.25, 0.3) is 0 Å². The van der Waals surface area contributed by atoms with Crippen LogP contribution in [0.2, 0.25) is 0 Å². The Kier molecular flexibility index (Phi) is 7.41. The van der Waals surface area contributed by atoms with Gasteiger partial charge in [0, 0.05) is 19.6 Å². The maximum absolute atomic E-state index is 14.4. The third-order valence-corrected chi connectivity index (χ3v) is 5.99. The molecule has 3 rings (SSSR count). The zero-order valence-electron chi connectivity index (χ0n) is 17.2. The summed E-state index contributed by atoms with van der Waals surface area (Å²) in [6.45, 7) is 9.38. The van der Waals surface area contributed by atoms with E-state index in [0.29, 0.717) is 36.2 Å². The zero-order chi connectivity index (χ0) is 21.5. The molecule has 1 aromatic heterocycles. The Bertz CT molecular complexity index is 1000. The molecule has 0 aliphatic rings. The Morgan fingerprint density at radius 1 is 1.13 bits per heavy atom. The van der Waals surface area contributed by atoms with E-state index in [1.54, 1.807) is 33.7 Å². The van der Waals surface area contributed by atoms with E-state index in [1.807, 2.05) is 44.2 Å². The van der Waals surface area contributed by atoms with Crippen LogP contribution in [0, 0.1) is 5.82 Å². The summed E-state index contributed by atoms with van der Waals surface area (Å²) >= 11 is 1.32. The molecule has 0 aliphatic heterocycles. The van der Waals surface area contributed by atoms with Crippen LogP contribution in [0.5, 0.6) is 0 Å². The van der Waals surface area contributed by atoms with E-state index >= 15 is 0 Å². The maximum atomic E-state index is 14.4. The molecule has 30 heavy (non-hydrogen) atoms. The molecule has 5 nitrogen and oxygen atoms in total. The standard InChI is InChI=1S/C23H25FN4OS/c1-4-16-28-21(18-14-10-11-15-19(18)24)25-26-23(28)30-20(17-12-8-7-9-13-17)22(29)27(5-2)6-3/h4,7-15,20H,1,5-6,16H2,2-3H3. The van der Waals surface area contributed by atoms with E-state index in [4.69, 9.17) is 0 Å². The van der Waals surface area contributed by atoms with E-state index in [1.165, 1.54) is 17.8 Å². The minimum absolute atomic E-state index is 0.0109. The van der Waals surface area contributed by atoms with Crippen LogP contribution in [0.1, 0.15) is 24.7 Å². The van der Waals surface area contributed by atoms with E-state index in [-0.39, 0.29) is 11.7 Å². The van der Waals surface area contributed by atoms with Crippen molar-refractivity contribution in [2.45, 2.75) is 30.8 Å². The van der Waals surface area contributed by atoms with Crippen LogP contribution in [0.4, 0.5) is 4.39 Å². The summed E-state index contributed by atoms with van der Waals surface area (Å²) in [5, 5.41) is 8.60. The highest BCUT2D eigenvalue weighted by Crippen LogP contribution is 2.37. The molecule has 1 amide bonds. The van der Waals surface area contributed by atoms with Crippen molar-refractivity contribution in [3.8, 4) is 11.4 Å². The van der Waals surface area contributed by atoms with Crippen LogP contribution < -0.4 is 0 Å². The summed E-state index contributed by atoms with van der Waals surface area (Å²) in [7, 11) is 0. The smallest absolute Gasteiger partial charge is 0.240 e. The largest absolute Gasteiger partial charge is 0.342 e. The number of hydrogen-bond acceptors (Lipinski definition) is 4. The Morgan fingerprint density at radius 2 is 1.80 bits per heavy atom. The van der Waals surface area contributed by atoms with Gasteiger partial charge in [0.15, 0.2) is 11.0 Å². The molecule has 0 N–H and O–H groups in total. The number of aromatic nitrogens is 3. The molecule has 1 heterocycles. The minimum Gasteiger partial charge on any atom is -0.342 e. The van der Waals surface area contributed by atoms with Crippen molar-refractivity contribution in [3.05, 3.63) is 78.6 Å². The molecule has 0 bridgehead atoms. The molecule has 2 aromatic carbocycles. The Hall–Kier alpha value is -2.93. The number of benzene rings is 2. The van der Waals surface area contributed by atoms with Gasteiger partial charge in [-0.2, -0.15) is 0 Å². The number of carbonyl (C=O) groups is 1. The molecule has 0 radical (unpaired) electrons. The Morgan fingerprint density at radius 3 is 2.43 bits per heavy atom. The van der Waals surface area contributed by atoms with Gasteiger partial charge in [0.2, 0.25) is 5.91 Å². The van der Waals surface area contributed by atoms with Crippen molar-refractivity contribution in [3.63, 3.8) is 0 Å². The number of allylic oxidation sites excluding steroid dienone is 1. The first kappa shape index (κ1) is 21.8. The van der Waals surface area contributed by atoms with E-state index in [9.17, 15) is 9.18 Å². The molecule has 1 unspecified atom stereocenters. The molecular weight excluding hydrogens is 399 g/mol. The van der Waals surface area contributed by atoms with Crippen LogP contribution in [0.25, 0.3) is 11.4 Å². The minimum atomic E-state index is -0.479. The number of thioether (sulfide) groups is 1. The third kappa shape index (κ3) is 4.62. The first-order chi connectivity index (χ1) is 14.6. The van der Waals surface area contributed by atoms with Crippen molar-refractivity contribution in [2.75, 3.05) is 13.1 Å². The molecule has 0 saturated carbocycles. The Labute approximate surface area is 180 Å². The number of carbonyl (C=O) groups excluding carboxylic acids is 1. The van der Waals surface area contributed by atoms with Crippen molar-refractivity contribution in [2.24, 2.45) is 0 Å². The van der Waals surface area contributed by atoms with Crippen LogP contribution in [-0.2, 0) is 11.3 Å². The summed E-state index contributed by atoms with van der Waals surface area (Å²) in [5.41, 5.74) is 1.25. The van der Waals surface area contributed by atoms with Gasteiger partial charge >= 0.3 is 0 Å².